The lowest BCUT2D eigenvalue weighted by atomic mass is 9.82. The molecule has 0 aliphatic carbocycles. The normalized spacial score (nSPS) is 28.0. The van der Waals surface area contributed by atoms with E-state index in [4.69, 9.17) is 4.74 Å². The quantitative estimate of drug-likeness (QED) is 0.415. The van der Waals surface area contributed by atoms with E-state index in [1.807, 2.05) is 11.5 Å². The van der Waals surface area contributed by atoms with E-state index < -0.39 is 23.6 Å². The van der Waals surface area contributed by atoms with Gasteiger partial charge in [-0.15, -0.1) is 11.8 Å². The Hall–Kier alpha value is -2.71. The Morgan fingerprint density at radius 1 is 1.09 bits per heavy atom. The average Bonchev–Trinajstić information content (AvgIpc) is 3.40. The second-order valence-electron chi connectivity index (χ2n) is 9.75. The van der Waals surface area contributed by atoms with E-state index in [-0.39, 0.29) is 28.7 Å². The number of hydrogen-bond acceptors (Lipinski definition) is 5. The van der Waals surface area contributed by atoms with Crippen molar-refractivity contribution >= 4 is 29.2 Å². The molecule has 2 bridgehead atoms. The number of benzene rings is 2. The molecule has 0 aromatic heterocycles. The number of allylic oxidation sites excluding steroid dienone is 1. The number of rotatable bonds is 8. The van der Waals surface area contributed by atoms with E-state index in [1.165, 1.54) is 30.3 Å². The Labute approximate surface area is 208 Å². The standard InChI is InChI=1S/C27H29F2N2O3S/c28-20-9-7-19(8-10-20)26(30-22-5-2-1-4-21(22)29)27(33)34-24-17-31(13-11-18(24)12-14-31)16-23(32)25-6-3-15-35-25/h1-5,7-10,15,18,24-26,30H,6,11-14,16-17H2/q+1/t18?,24-,25?,26?,31?/m0/s1. The largest absolute Gasteiger partial charge is 0.454 e. The highest BCUT2D eigenvalue weighted by atomic mass is 32.2. The minimum atomic E-state index is -0.987. The van der Waals surface area contributed by atoms with Crippen LogP contribution in [-0.4, -0.2) is 53.8 Å². The number of hydrogen-bond donors (Lipinski definition) is 1. The van der Waals surface area contributed by atoms with Crippen molar-refractivity contribution in [1.82, 2.24) is 0 Å². The van der Waals surface area contributed by atoms with E-state index in [2.05, 4.69) is 5.32 Å². The molecule has 4 aliphatic heterocycles. The topological polar surface area (TPSA) is 55.4 Å². The van der Waals surface area contributed by atoms with Gasteiger partial charge in [-0.2, -0.15) is 0 Å². The zero-order valence-electron chi connectivity index (χ0n) is 19.4. The number of quaternary nitrogens is 1. The molecule has 0 radical (unpaired) electrons. The fourth-order valence-electron chi connectivity index (χ4n) is 5.49. The van der Waals surface area contributed by atoms with E-state index in [0.717, 1.165) is 32.4 Å². The van der Waals surface area contributed by atoms with E-state index in [9.17, 15) is 18.4 Å². The zero-order valence-corrected chi connectivity index (χ0v) is 20.2. The molecule has 3 saturated heterocycles. The smallest absolute Gasteiger partial charge is 0.333 e. The molecule has 4 heterocycles. The third kappa shape index (κ3) is 5.28. The number of piperidine rings is 3. The highest BCUT2D eigenvalue weighted by Gasteiger charge is 2.49. The molecule has 2 aromatic carbocycles. The Morgan fingerprint density at radius 2 is 1.83 bits per heavy atom. The lowest BCUT2D eigenvalue weighted by Gasteiger charge is -2.51. The number of carbonyl (C=O) groups excluding carboxylic acids is 2. The number of ketones is 1. The van der Waals surface area contributed by atoms with Crippen LogP contribution in [0.15, 0.2) is 60.0 Å². The van der Waals surface area contributed by atoms with Gasteiger partial charge in [-0.05, 0) is 41.7 Å². The number of nitrogens with zero attached hydrogens (tertiary/aromatic N) is 1. The van der Waals surface area contributed by atoms with Gasteiger partial charge in [0.25, 0.3) is 0 Å². The molecule has 184 valence electrons. The van der Waals surface area contributed by atoms with Crippen LogP contribution in [0, 0.1) is 17.6 Å². The van der Waals surface area contributed by atoms with Gasteiger partial charge in [-0.1, -0.05) is 30.3 Å². The SMILES string of the molecule is O=C(C[N+]12CCC(CC1)[C@@H](OC(=O)C(Nc1ccccc1F)c1ccc(F)cc1)C2)C1CC=CS1. The number of esters is 1. The fraction of sp³-hybridized carbons (Fsp3) is 0.407. The number of ether oxygens (including phenoxy) is 1. The van der Waals surface area contributed by atoms with Gasteiger partial charge < -0.3 is 14.5 Å². The number of halogens is 2. The number of thioether (sulfide) groups is 1. The summed E-state index contributed by atoms with van der Waals surface area (Å²) in [5.74, 6) is -0.929. The summed E-state index contributed by atoms with van der Waals surface area (Å²) >= 11 is 1.59. The molecule has 5 nitrogen and oxygen atoms in total. The molecule has 8 heteroatoms. The van der Waals surface area contributed by atoms with E-state index >= 15 is 0 Å². The number of fused-ring (bicyclic) bond motifs is 3. The van der Waals surface area contributed by atoms with E-state index in [1.54, 1.807) is 30.0 Å². The van der Waals surface area contributed by atoms with E-state index in [0.29, 0.717) is 23.1 Å². The predicted molar refractivity (Wildman–Crippen MR) is 132 cm³/mol. The van der Waals surface area contributed by atoms with Crippen LogP contribution in [0.25, 0.3) is 0 Å². The van der Waals surface area contributed by atoms with Crippen molar-refractivity contribution in [3.63, 3.8) is 0 Å². The van der Waals surface area contributed by atoms with Crippen LogP contribution < -0.4 is 5.32 Å². The third-order valence-corrected chi connectivity index (χ3v) is 8.59. The van der Waals surface area contributed by atoms with Gasteiger partial charge in [0.2, 0.25) is 0 Å². The summed E-state index contributed by atoms with van der Waals surface area (Å²) in [7, 11) is 0. The monoisotopic (exact) mass is 499 g/mol. The van der Waals surface area contributed by atoms with Gasteiger partial charge in [0.05, 0.1) is 24.0 Å². The van der Waals surface area contributed by atoms with Crippen molar-refractivity contribution < 1.29 is 27.6 Å². The lowest BCUT2D eigenvalue weighted by Crippen LogP contribution is -2.66. The van der Waals surface area contributed by atoms with Gasteiger partial charge in [0.15, 0.2) is 17.9 Å². The highest BCUT2D eigenvalue weighted by Crippen LogP contribution is 2.37. The van der Waals surface area contributed by atoms with Crippen LogP contribution in [0.2, 0.25) is 0 Å². The predicted octanol–water partition coefficient (Wildman–Crippen LogP) is 4.86. The summed E-state index contributed by atoms with van der Waals surface area (Å²) in [5, 5.41) is 4.94. The van der Waals surface area contributed by atoms with Crippen LogP contribution >= 0.6 is 11.8 Å². The summed E-state index contributed by atoms with van der Waals surface area (Å²) in [6.07, 6.45) is 4.33. The molecule has 0 spiro atoms. The lowest BCUT2D eigenvalue weighted by molar-refractivity contribution is -0.939. The second kappa shape index (κ2) is 10.1. The molecule has 6 rings (SSSR count). The van der Waals surface area contributed by atoms with Crippen molar-refractivity contribution in [3.8, 4) is 0 Å². The van der Waals surface area contributed by atoms with Crippen molar-refractivity contribution in [3.05, 3.63) is 77.2 Å². The molecular formula is C27H29F2N2O3S+. The van der Waals surface area contributed by atoms with Crippen molar-refractivity contribution in [2.75, 3.05) is 31.5 Å². The first kappa shape index (κ1) is 24.0. The summed E-state index contributed by atoms with van der Waals surface area (Å²) < 4.78 is 34.6. The number of Topliss-reactive ketones (excluding diaryl/α,β-unsaturated/α-hetero) is 1. The second-order valence-corrected chi connectivity index (χ2v) is 10.9. The first-order chi connectivity index (χ1) is 16.9. The molecule has 2 aromatic rings. The maximum absolute atomic E-state index is 14.4. The Balaban J connectivity index is 1.32. The number of carbonyl (C=O) groups is 2. The van der Waals surface area contributed by atoms with Crippen LogP contribution in [-0.2, 0) is 14.3 Å². The average molecular weight is 500 g/mol. The van der Waals surface area contributed by atoms with Crippen molar-refractivity contribution in [1.29, 1.82) is 0 Å². The van der Waals surface area contributed by atoms with Gasteiger partial charge in [0.1, 0.15) is 24.7 Å². The molecule has 4 aliphatic rings. The zero-order chi connectivity index (χ0) is 24.4. The molecule has 35 heavy (non-hydrogen) atoms. The first-order valence-electron chi connectivity index (χ1n) is 12.1. The Kier molecular flexibility index (Phi) is 6.93. The summed E-state index contributed by atoms with van der Waals surface area (Å²) in [6, 6.07) is 10.7. The molecule has 3 fully saturated rings. The maximum Gasteiger partial charge on any atom is 0.333 e. The third-order valence-electron chi connectivity index (χ3n) is 7.46. The first-order valence-corrected chi connectivity index (χ1v) is 13.0. The Bertz CT molecular complexity index is 1110. The molecule has 0 saturated carbocycles. The number of para-hydroxylation sites is 1. The Morgan fingerprint density at radius 3 is 2.51 bits per heavy atom. The van der Waals surface area contributed by atoms with Crippen LogP contribution in [0.5, 0.6) is 0 Å². The van der Waals surface area contributed by atoms with Gasteiger partial charge in [-0.25, -0.2) is 13.6 Å². The van der Waals surface area contributed by atoms with Crippen molar-refractivity contribution in [2.24, 2.45) is 5.92 Å². The highest BCUT2D eigenvalue weighted by molar-refractivity contribution is 8.03. The molecule has 1 N–H and O–H groups in total. The summed E-state index contributed by atoms with van der Waals surface area (Å²) in [6.45, 7) is 2.92. The minimum Gasteiger partial charge on any atom is -0.454 e. The number of anilines is 1. The molecular weight excluding hydrogens is 470 g/mol. The molecule has 2 unspecified atom stereocenters. The van der Waals surface area contributed by atoms with Crippen LogP contribution in [0.3, 0.4) is 0 Å². The number of nitrogens with one attached hydrogen (secondary N) is 1. The van der Waals surface area contributed by atoms with Gasteiger partial charge >= 0.3 is 5.97 Å². The van der Waals surface area contributed by atoms with Crippen LogP contribution in [0.4, 0.5) is 14.5 Å². The summed E-state index contributed by atoms with van der Waals surface area (Å²) in [5.41, 5.74) is 0.662. The van der Waals surface area contributed by atoms with Gasteiger partial charge in [-0.3, -0.25) is 4.79 Å². The molecule has 3 atom stereocenters. The van der Waals surface area contributed by atoms with Gasteiger partial charge in [0, 0.05) is 18.8 Å². The van der Waals surface area contributed by atoms with Crippen LogP contribution in [0.1, 0.15) is 30.9 Å². The minimum absolute atomic E-state index is 0.00373. The van der Waals surface area contributed by atoms with Crippen molar-refractivity contribution in [2.45, 2.75) is 36.7 Å². The summed E-state index contributed by atoms with van der Waals surface area (Å²) in [4.78, 5) is 26.4. The fourth-order valence-corrected chi connectivity index (χ4v) is 6.35. The maximum atomic E-state index is 14.4. The molecule has 0 amide bonds.